The highest BCUT2D eigenvalue weighted by Gasteiger charge is 2.22. The van der Waals surface area contributed by atoms with E-state index in [0.29, 0.717) is 24.8 Å². The molecule has 2 aromatic carbocycles. The maximum Gasteiger partial charge on any atom is 0.191 e. The van der Waals surface area contributed by atoms with Crippen LogP contribution in [0, 0.1) is 5.82 Å². The first-order valence-corrected chi connectivity index (χ1v) is 9.86. The van der Waals surface area contributed by atoms with E-state index >= 15 is 0 Å². The van der Waals surface area contributed by atoms with Crippen molar-refractivity contribution in [2.75, 3.05) is 19.9 Å². The summed E-state index contributed by atoms with van der Waals surface area (Å²) < 4.78 is 24.8. The molecule has 0 amide bonds. The molecule has 0 fully saturated rings. The van der Waals surface area contributed by atoms with Gasteiger partial charge >= 0.3 is 0 Å². The molecule has 0 saturated carbocycles. The number of ether oxygens (including phenoxy) is 2. The first kappa shape index (κ1) is 18.7. The number of nitrogens with one attached hydrogen (secondary N) is 2. The minimum Gasteiger partial charge on any atom is -0.467 e. The molecule has 0 saturated heterocycles. The molecule has 5 nitrogen and oxygen atoms in total. The van der Waals surface area contributed by atoms with E-state index in [-0.39, 0.29) is 12.6 Å². The maximum absolute atomic E-state index is 13.9. The quantitative estimate of drug-likeness (QED) is 0.613. The third-order valence-electron chi connectivity index (χ3n) is 5.28. The predicted molar refractivity (Wildman–Crippen MR) is 107 cm³/mol. The van der Waals surface area contributed by atoms with Gasteiger partial charge in [-0.2, -0.15) is 0 Å². The highest BCUT2D eigenvalue weighted by molar-refractivity contribution is 5.79. The fraction of sp³-hybridized carbons (Fsp3) is 0.409. The van der Waals surface area contributed by atoms with Gasteiger partial charge in [0.15, 0.2) is 12.8 Å². The van der Waals surface area contributed by atoms with Crippen LogP contribution in [0.5, 0.6) is 5.75 Å². The van der Waals surface area contributed by atoms with Gasteiger partial charge < -0.3 is 20.1 Å². The van der Waals surface area contributed by atoms with Gasteiger partial charge in [-0.15, -0.1) is 0 Å². The van der Waals surface area contributed by atoms with E-state index in [4.69, 9.17) is 9.47 Å². The fourth-order valence-corrected chi connectivity index (χ4v) is 3.96. The molecule has 6 heteroatoms. The third-order valence-corrected chi connectivity index (χ3v) is 5.28. The van der Waals surface area contributed by atoms with Crippen molar-refractivity contribution in [3.63, 3.8) is 0 Å². The second-order valence-electron chi connectivity index (χ2n) is 7.17. The number of hydrogen-bond donors (Lipinski definition) is 2. The Labute approximate surface area is 165 Å². The highest BCUT2D eigenvalue weighted by Crippen LogP contribution is 2.32. The average Bonchev–Trinajstić information content (AvgIpc) is 3.13. The zero-order chi connectivity index (χ0) is 19.3. The number of aliphatic imine (C=N–C) groups is 1. The zero-order valence-electron chi connectivity index (χ0n) is 16.1. The van der Waals surface area contributed by atoms with E-state index in [2.05, 4.69) is 39.9 Å². The largest absolute Gasteiger partial charge is 0.467 e. The Kier molecular flexibility index (Phi) is 5.76. The minimum atomic E-state index is -0.293. The summed E-state index contributed by atoms with van der Waals surface area (Å²) in [6.45, 7) is 4.52. The number of halogens is 1. The molecule has 148 valence electrons. The number of guanidine groups is 1. The molecule has 2 N–H and O–H groups in total. The van der Waals surface area contributed by atoms with Crippen LogP contribution in [0.15, 0.2) is 41.4 Å². The Morgan fingerprint density at radius 3 is 3.00 bits per heavy atom. The Balaban J connectivity index is 1.45. The number of hydrogen-bond acceptors (Lipinski definition) is 3. The van der Waals surface area contributed by atoms with Crippen molar-refractivity contribution < 1.29 is 13.9 Å². The second kappa shape index (κ2) is 8.61. The molecular weight excluding hydrogens is 357 g/mol. The molecule has 1 atom stereocenters. The topological polar surface area (TPSA) is 54.9 Å². The Morgan fingerprint density at radius 2 is 2.11 bits per heavy atom. The van der Waals surface area contributed by atoms with Gasteiger partial charge in [0.25, 0.3) is 0 Å². The molecule has 28 heavy (non-hydrogen) atoms. The van der Waals surface area contributed by atoms with Gasteiger partial charge in [0.05, 0.1) is 13.2 Å². The van der Waals surface area contributed by atoms with Crippen molar-refractivity contribution in [2.45, 2.75) is 38.8 Å². The van der Waals surface area contributed by atoms with Gasteiger partial charge in [0, 0.05) is 30.1 Å². The van der Waals surface area contributed by atoms with Gasteiger partial charge in [-0.05, 0) is 43.0 Å². The highest BCUT2D eigenvalue weighted by atomic mass is 19.1. The van der Waals surface area contributed by atoms with Crippen molar-refractivity contribution in [3.8, 4) is 5.75 Å². The monoisotopic (exact) mass is 383 g/mol. The van der Waals surface area contributed by atoms with E-state index < -0.39 is 0 Å². The molecule has 2 aromatic rings. The van der Waals surface area contributed by atoms with Crippen LogP contribution in [0.4, 0.5) is 4.39 Å². The Morgan fingerprint density at radius 1 is 1.21 bits per heavy atom. The van der Waals surface area contributed by atoms with Crippen LogP contribution in [0.1, 0.15) is 41.5 Å². The van der Waals surface area contributed by atoms with E-state index in [9.17, 15) is 4.39 Å². The SMILES string of the molecule is CCNC(=NCc1cc(F)cc2c1OCOC2)NCC1CCc2ccccc21. The van der Waals surface area contributed by atoms with Crippen LogP contribution in [-0.2, 0) is 24.3 Å². The molecular formula is C22H26FN3O2. The Hall–Kier alpha value is -2.60. The first-order chi connectivity index (χ1) is 13.7. The zero-order valence-corrected chi connectivity index (χ0v) is 16.1. The predicted octanol–water partition coefficient (Wildman–Crippen LogP) is 3.48. The lowest BCUT2D eigenvalue weighted by molar-refractivity contribution is -0.0172. The molecule has 2 aliphatic rings. The number of benzene rings is 2. The number of aryl methyl sites for hydroxylation is 1. The molecule has 0 radical (unpaired) electrons. The van der Waals surface area contributed by atoms with Crippen LogP contribution in [-0.4, -0.2) is 25.8 Å². The lowest BCUT2D eigenvalue weighted by atomic mass is 10.0. The molecule has 1 unspecified atom stereocenters. The maximum atomic E-state index is 13.9. The van der Waals surface area contributed by atoms with Crippen LogP contribution < -0.4 is 15.4 Å². The summed E-state index contributed by atoms with van der Waals surface area (Å²) in [5, 5.41) is 6.72. The van der Waals surface area contributed by atoms with Crippen LogP contribution in [0.3, 0.4) is 0 Å². The van der Waals surface area contributed by atoms with Crippen LogP contribution in [0.25, 0.3) is 0 Å². The van der Waals surface area contributed by atoms with Crippen LogP contribution in [0.2, 0.25) is 0 Å². The van der Waals surface area contributed by atoms with E-state index in [0.717, 1.165) is 43.0 Å². The number of nitrogens with zero attached hydrogens (tertiary/aromatic N) is 1. The summed E-state index contributed by atoms with van der Waals surface area (Å²) in [6.07, 6.45) is 2.28. The summed E-state index contributed by atoms with van der Waals surface area (Å²) in [5.74, 6) is 1.62. The molecule has 1 aliphatic carbocycles. The molecule has 0 bridgehead atoms. The van der Waals surface area contributed by atoms with Gasteiger partial charge in [-0.25, -0.2) is 9.38 Å². The van der Waals surface area contributed by atoms with E-state index in [1.54, 1.807) is 0 Å². The van der Waals surface area contributed by atoms with Gasteiger partial charge in [-0.3, -0.25) is 0 Å². The van der Waals surface area contributed by atoms with Crippen molar-refractivity contribution >= 4 is 5.96 Å². The molecule has 0 aromatic heterocycles. The summed E-state index contributed by atoms with van der Waals surface area (Å²) in [5.41, 5.74) is 4.35. The minimum absolute atomic E-state index is 0.189. The van der Waals surface area contributed by atoms with Crippen molar-refractivity contribution in [3.05, 3.63) is 64.5 Å². The van der Waals surface area contributed by atoms with Gasteiger partial charge in [0.1, 0.15) is 11.6 Å². The van der Waals surface area contributed by atoms with Crippen molar-refractivity contribution in [1.29, 1.82) is 0 Å². The smallest absolute Gasteiger partial charge is 0.191 e. The van der Waals surface area contributed by atoms with Crippen LogP contribution >= 0.6 is 0 Å². The number of rotatable bonds is 5. The standard InChI is InChI=1S/C22H26FN3O2/c1-2-24-22(25-11-16-8-7-15-5-3-4-6-20(15)16)26-12-17-9-19(23)10-18-13-27-14-28-21(17)18/h3-6,9-10,16H,2,7-8,11-14H2,1H3,(H2,24,25,26). The third kappa shape index (κ3) is 4.12. The molecule has 0 spiro atoms. The molecule has 1 heterocycles. The van der Waals surface area contributed by atoms with Gasteiger partial charge in [-0.1, -0.05) is 24.3 Å². The molecule has 1 aliphatic heterocycles. The fourth-order valence-electron chi connectivity index (χ4n) is 3.96. The first-order valence-electron chi connectivity index (χ1n) is 9.86. The molecule has 4 rings (SSSR count). The second-order valence-corrected chi connectivity index (χ2v) is 7.17. The Bertz CT molecular complexity index is 869. The average molecular weight is 383 g/mol. The summed E-state index contributed by atoms with van der Waals surface area (Å²) >= 11 is 0. The van der Waals surface area contributed by atoms with Crippen molar-refractivity contribution in [1.82, 2.24) is 10.6 Å². The van der Waals surface area contributed by atoms with Gasteiger partial charge in [0.2, 0.25) is 0 Å². The summed E-state index contributed by atoms with van der Waals surface area (Å²) in [4.78, 5) is 4.66. The number of fused-ring (bicyclic) bond motifs is 2. The van der Waals surface area contributed by atoms with E-state index in [1.165, 1.54) is 23.3 Å². The lowest BCUT2D eigenvalue weighted by Gasteiger charge is -2.20. The normalized spacial score (nSPS) is 18.2. The van der Waals surface area contributed by atoms with E-state index in [1.807, 2.05) is 6.92 Å². The van der Waals surface area contributed by atoms with Crippen molar-refractivity contribution in [2.24, 2.45) is 4.99 Å². The lowest BCUT2D eigenvalue weighted by Crippen LogP contribution is -2.39. The summed E-state index contributed by atoms with van der Waals surface area (Å²) in [7, 11) is 0. The summed E-state index contributed by atoms with van der Waals surface area (Å²) in [6, 6.07) is 11.6.